The lowest BCUT2D eigenvalue weighted by Gasteiger charge is -2.26. The van der Waals surface area contributed by atoms with Crippen LogP contribution in [0.4, 0.5) is 13.2 Å². The first kappa shape index (κ1) is 15.0. The third-order valence-corrected chi connectivity index (χ3v) is 2.76. The zero-order valence-electron chi connectivity index (χ0n) is 10.8. The van der Waals surface area contributed by atoms with E-state index in [1.807, 2.05) is 0 Å². The Bertz CT molecular complexity index is 385. The van der Waals surface area contributed by atoms with Gasteiger partial charge in [-0.25, -0.2) is 0 Å². The minimum Gasteiger partial charge on any atom is -0.465 e. The average Bonchev–Trinajstić information content (AvgIpc) is 2.55. The van der Waals surface area contributed by atoms with Crippen molar-refractivity contribution in [3.63, 3.8) is 0 Å². The predicted molar refractivity (Wildman–Crippen MR) is 62.9 cm³/mol. The van der Waals surface area contributed by atoms with Crippen LogP contribution in [0.3, 0.4) is 0 Å². The van der Waals surface area contributed by atoms with Gasteiger partial charge in [-0.1, -0.05) is 0 Å². The molecule has 18 heavy (non-hydrogen) atoms. The summed E-state index contributed by atoms with van der Waals surface area (Å²) < 4.78 is 42.7. The highest BCUT2D eigenvalue weighted by Gasteiger charge is 2.32. The van der Waals surface area contributed by atoms with Gasteiger partial charge in [0.25, 0.3) is 0 Å². The van der Waals surface area contributed by atoms with E-state index in [1.165, 1.54) is 4.90 Å². The second-order valence-electron chi connectivity index (χ2n) is 4.61. The summed E-state index contributed by atoms with van der Waals surface area (Å²) in [6.45, 7) is 4.74. The highest BCUT2D eigenvalue weighted by atomic mass is 19.4. The van der Waals surface area contributed by atoms with Gasteiger partial charge in [0.1, 0.15) is 11.5 Å². The van der Waals surface area contributed by atoms with Gasteiger partial charge in [-0.2, -0.15) is 13.2 Å². The Morgan fingerprint density at radius 1 is 1.39 bits per heavy atom. The fraction of sp³-hybridized carbons (Fsp3) is 0.667. The van der Waals surface area contributed by atoms with E-state index in [0.717, 1.165) is 5.56 Å². The second kappa shape index (κ2) is 5.75. The quantitative estimate of drug-likeness (QED) is 0.889. The minimum absolute atomic E-state index is 0.137. The summed E-state index contributed by atoms with van der Waals surface area (Å²) in [5.41, 5.74) is 6.34. The van der Waals surface area contributed by atoms with Gasteiger partial charge >= 0.3 is 6.18 Å². The van der Waals surface area contributed by atoms with Crippen molar-refractivity contribution in [1.82, 2.24) is 4.90 Å². The molecule has 3 nitrogen and oxygen atoms in total. The molecule has 0 spiro atoms. The van der Waals surface area contributed by atoms with Gasteiger partial charge < -0.3 is 10.2 Å². The first-order valence-electron chi connectivity index (χ1n) is 5.82. The van der Waals surface area contributed by atoms with Crippen LogP contribution in [-0.2, 0) is 13.1 Å². The van der Waals surface area contributed by atoms with Crippen molar-refractivity contribution in [3.05, 3.63) is 23.2 Å². The number of nitrogens with zero attached hydrogens (tertiary/aromatic N) is 1. The smallest absolute Gasteiger partial charge is 0.401 e. The number of rotatable bonds is 5. The standard InChI is InChI=1S/C12H19F3N2O/c1-8(2)17(7-12(13,14)15)6-11-4-10(5-16)9(3)18-11/h4,8H,5-7,16H2,1-3H3. The topological polar surface area (TPSA) is 42.4 Å². The van der Waals surface area contributed by atoms with E-state index in [-0.39, 0.29) is 12.6 Å². The molecule has 0 amide bonds. The number of aryl methyl sites for hydroxylation is 1. The maximum Gasteiger partial charge on any atom is 0.401 e. The molecular weight excluding hydrogens is 245 g/mol. The van der Waals surface area contributed by atoms with E-state index < -0.39 is 12.7 Å². The van der Waals surface area contributed by atoms with Gasteiger partial charge in [-0.3, -0.25) is 4.90 Å². The van der Waals surface area contributed by atoms with Crippen LogP contribution in [0.2, 0.25) is 0 Å². The molecule has 1 aromatic heterocycles. The van der Waals surface area contributed by atoms with Gasteiger partial charge in [0.2, 0.25) is 0 Å². The predicted octanol–water partition coefficient (Wildman–Crippen LogP) is 2.82. The number of halogens is 3. The molecule has 0 aliphatic rings. The van der Waals surface area contributed by atoms with Crippen LogP contribution >= 0.6 is 0 Å². The van der Waals surface area contributed by atoms with Crippen LogP contribution in [0, 0.1) is 6.92 Å². The number of hydrogen-bond acceptors (Lipinski definition) is 3. The van der Waals surface area contributed by atoms with Gasteiger partial charge in [-0.05, 0) is 26.8 Å². The number of hydrogen-bond donors (Lipinski definition) is 1. The lowest BCUT2D eigenvalue weighted by molar-refractivity contribution is -0.151. The van der Waals surface area contributed by atoms with Crippen molar-refractivity contribution in [2.75, 3.05) is 6.54 Å². The first-order valence-corrected chi connectivity index (χ1v) is 5.82. The Balaban J connectivity index is 2.77. The molecule has 0 aromatic carbocycles. The van der Waals surface area contributed by atoms with Crippen LogP contribution in [0.15, 0.2) is 10.5 Å². The summed E-state index contributed by atoms with van der Waals surface area (Å²) in [6.07, 6.45) is -4.21. The molecular formula is C12H19F3N2O. The van der Waals surface area contributed by atoms with Crippen molar-refractivity contribution in [2.45, 2.75) is 46.1 Å². The Labute approximate surface area is 105 Å². The lowest BCUT2D eigenvalue weighted by atomic mass is 10.2. The van der Waals surface area contributed by atoms with Gasteiger partial charge in [-0.15, -0.1) is 0 Å². The number of nitrogens with two attached hydrogens (primary N) is 1. The highest BCUT2D eigenvalue weighted by Crippen LogP contribution is 2.22. The summed E-state index contributed by atoms with van der Waals surface area (Å²) in [4.78, 5) is 1.32. The SMILES string of the molecule is Cc1oc(CN(CC(F)(F)F)C(C)C)cc1CN. The van der Waals surface area contributed by atoms with Crippen molar-refractivity contribution >= 4 is 0 Å². The monoisotopic (exact) mass is 264 g/mol. The molecule has 104 valence electrons. The Morgan fingerprint density at radius 2 is 2.00 bits per heavy atom. The molecule has 6 heteroatoms. The second-order valence-corrected chi connectivity index (χ2v) is 4.61. The molecule has 0 unspecified atom stereocenters. The molecule has 0 atom stereocenters. The van der Waals surface area contributed by atoms with Crippen molar-refractivity contribution in [3.8, 4) is 0 Å². The average molecular weight is 264 g/mol. The van der Waals surface area contributed by atoms with E-state index in [9.17, 15) is 13.2 Å². The van der Waals surface area contributed by atoms with E-state index in [0.29, 0.717) is 18.1 Å². The molecule has 1 heterocycles. The normalized spacial score (nSPS) is 12.7. The molecule has 0 saturated carbocycles. The van der Waals surface area contributed by atoms with Gasteiger partial charge in [0.15, 0.2) is 0 Å². The molecule has 1 rings (SSSR count). The molecule has 0 radical (unpaired) electrons. The highest BCUT2D eigenvalue weighted by molar-refractivity contribution is 5.20. The number of furan rings is 1. The van der Waals surface area contributed by atoms with Crippen LogP contribution in [0.25, 0.3) is 0 Å². The summed E-state index contributed by atoms with van der Waals surface area (Å²) in [5.74, 6) is 1.19. The fourth-order valence-corrected chi connectivity index (χ4v) is 1.72. The zero-order valence-corrected chi connectivity index (χ0v) is 10.8. The summed E-state index contributed by atoms with van der Waals surface area (Å²) in [7, 11) is 0. The molecule has 0 aliphatic heterocycles. The van der Waals surface area contributed by atoms with Crippen molar-refractivity contribution in [2.24, 2.45) is 5.73 Å². The molecule has 0 fully saturated rings. The minimum atomic E-state index is -4.21. The van der Waals surface area contributed by atoms with Crippen molar-refractivity contribution < 1.29 is 17.6 Å². The largest absolute Gasteiger partial charge is 0.465 e. The Morgan fingerprint density at radius 3 is 2.39 bits per heavy atom. The van der Waals surface area contributed by atoms with Gasteiger partial charge in [0.05, 0.1) is 13.1 Å². The van der Waals surface area contributed by atoms with E-state index in [2.05, 4.69) is 0 Å². The molecule has 1 aromatic rings. The van der Waals surface area contributed by atoms with Crippen LogP contribution in [-0.4, -0.2) is 23.7 Å². The van der Waals surface area contributed by atoms with E-state index in [4.69, 9.17) is 10.2 Å². The third kappa shape index (κ3) is 4.34. The summed E-state index contributed by atoms with van der Waals surface area (Å²) >= 11 is 0. The molecule has 0 aliphatic carbocycles. The maximum atomic E-state index is 12.4. The first-order chi connectivity index (χ1) is 8.23. The molecule has 0 saturated heterocycles. The Hall–Kier alpha value is -1.01. The lowest BCUT2D eigenvalue weighted by Crippen LogP contribution is -2.38. The van der Waals surface area contributed by atoms with E-state index >= 15 is 0 Å². The molecule has 2 N–H and O–H groups in total. The zero-order chi connectivity index (χ0) is 13.9. The maximum absolute atomic E-state index is 12.4. The Kier molecular flexibility index (Phi) is 4.81. The van der Waals surface area contributed by atoms with Crippen LogP contribution in [0.1, 0.15) is 30.9 Å². The van der Waals surface area contributed by atoms with Crippen molar-refractivity contribution in [1.29, 1.82) is 0 Å². The van der Waals surface area contributed by atoms with Crippen LogP contribution in [0.5, 0.6) is 0 Å². The summed E-state index contributed by atoms with van der Waals surface area (Å²) in [6, 6.07) is 1.51. The molecule has 0 bridgehead atoms. The number of alkyl halides is 3. The summed E-state index contributed by atoms with van der Waals surface area (Å²) in [5, 5.41) is 0. The third-order valence-electron chi connectivity index (χ3n) is 2.76. The van der Waals surface area contributed by atoms with E-state index in [1.54, 1.807) is 26.8 Å². The fourth-order valence-electron chi connectivity index (χ4n) is 1.72. The van der Waals surface area contributed by atoms with Gasteiger partial charge in [0, 0.05) is 18.2 Å². The van der Waals surface area contributed by atoms with Crippen LogP contribution < -0.4 is 5.73 Å².